The first kappa shape index (κ1) is 16.6. The molecular weight excluding hydrogens is 303 g/mol. The van der Waals surface area contributed by atoms with Crippen LogP contribution in [0.1, 0.15) is 11.1 Å². The van der Waals surface area contributed by atoms with Gasteiger partial charge in [-0.1, -0.05) is 30.3 Å². The van der Waals surface area contributed by atoms with E-state index in [9.17, 15) is 12.8 Å². The fourth-order valence-electron chi connectivity index (χ4n) is 2.04. The molecule has 0 bridgehead atoms. The molecule has 0 saturated carbocycles. The summed E-state index contributed by atoms with van der Waals surface area (Å²) in [6.07, 6.45) is 0. The van der Waals surface area contributed by atoms with E-state index in [4.69, 9.17) is 0 Å². The number of nitrogens with one attached hydrogen (secondary N) is 1. The van der Waals surface area contributed by atoms with Crippen LogP contribution < -0.4 is 5.32 Å². The van der Waals surface area contributed by atoms with E-state index in [1.54, 1.807) is 30.3 Å². The van der Waals surface area contributed by atoms with Crippen LogP contribution in [0.5, 0.6) is 0 Å². The number of nitrogens with zero attached hydrogens (tertiary/aromatic N) is 1. The number of sulfonamides is 1. The summed E-state index contributed by atoms with van der Waals surface area (Å²) in [4.78, 5) is 0.298. The van der Waals surface area contributed by atoms with Crippen molar-refractivity contribution in [2.45, 2.75) is 18.0 Å². The zero-order valence-electron chi connectivity index (χ0n) is 12.6. The molecule has 0 saturated heterocycles. The highest BCUT2D eigenvalue weighted by Gasteiger charge is 2.20. The molecule has 0 aliphatic rings. The van der Waals surface area contributed by atoms with Crippen LogP contribution >= 0.6 is 0 Å². The number of hydrogen-bond donors (Lipinski definition) is 1. The summed E-state index contributed by atoms with van der Waals surface area (Å²) in [6.45, 7) is 0.956. The maximum Gasteiger partial charge on any atom is 0.242 e. The molecule has 6 heteroatoms. The second kappa shape index (κ2) is 7.00. The third-order valence-corrected chi connectivity index (χ3v) is 5.20. The molecule has 0 unspecified atom stereocenters. The molecule has 0 heterocycles. The summed E-state index contributed by atoms with van der Waals surface area (Å²) in [5, 5.41) is 3.18. The average Bonchev–Trinajstić information content (AvgIpc) is 2.49. The second-order valence-electron chi connectivity index (χ2n) is 5.13. The van der Waals surface area contributed by atoms with Crippen LogP contribution in [0.25, 0.3) is 0 Å². The highest BCUT2D eigenvalue weighted by atomic mass is 32.2. The third kappa shape index (κ3) is 3.91. The highest BCUT2D eigenvalue weighted by Crippen LogP contribution is 2.18. The van der Waals surface area contributed by atoms with Crippen molar-refractivity contribution in [1.29, 1.82) is 0 Å². The molecule has 22 heavy (non-hydrogen) atoms. The largest absolute Gasteiger partial charge is 0.309 e. The minimum Gasteiger partial charge on any atom is -0.309 e. The predicted molar refractivity (Wildman–Crippen MR) is 84.3 cm³/mol. The van der Waals surface area contributed by atoms with Gasteiger partial charge in [0.1, 0.15) is 5.82 Å². The zero-order chi connectivity index (χ0) is 16.2. The van der Waals surface area contributed by atoms with Crippen molar-refractivity contribution >= 4 is 10.0 Å². The van der Waals surface area contributed by atoms with Gasteiger partial charge in [-0.25, -0.2) is 17.1 Å². The summed E-state index contributed by atoms with van der Waals surface area (Å²) in [6, 6.07) is 13.1. The molecule has 2 rings (SSSR count). The summed E-state index contributed by atoms with van der Waals surface area (Å²) >= 11 is 0. The van der Waals surface area contributed by atoms with E-state index in [0.29, 0.717) is 23.5 Å². The first-order valence-corrected chi connectivity index (χ1v) is 8.31. The van der Waals surface area contributed by atoms with Gasteiger partial charge in [-0.3, -0.25) is 0 Å². The van der Waals surface area contributed by atoms with Crippen LogP contribution in [0, 0.1) is 5.82 Å². The summed E-state index contributed by atoms with van der Waals surface area (Å²) in [5.74, 6) is -0.272. The molecule has 0 aliphatic heterocycles. The molecule has 2 aromatic carbocycles. The standard InChI is InChI=1S/C16H19FN2O2S/c1-19(2)22(20,21)16-6-4-3-5-14(16)12-18-11-13-7-9-15(17)10-8-13/h3-10,18H,11-12H2,1-2H3. The van der Waals surface area contributed by atoms with Gasteiger partial charge >= 0.3 is 0 Å². The lowest BCUT2D eigenvalue weighted by atomic mass is 10.2. The first-order valence-electron chi connectivity index (χ1n) is 6.87. The lowest BCUT2D eigenvalue weighted by Gasteiger charge is -2.15. The van der Waals surface area contributed by atoms with Crippen molar-refractivity contribution in [2.75, 3.05) is 14.1 Å². The number of hydrogen-bond acceptors (Lipinski definition) is 3. The molecule has 2 aromatic rings. The molecule has 118 valence electrons. The first-order chi connectivity index (χ1) is 10.4. The maximum absolute atomic E-state index is 12.8. The van der Waals surface area contributed by atoms with Crippen molar-refractivity contribution < 1.29 is 12.8 Å². The van der Waals surface area contributed by atoms with Crippen LogP contribution in [-0.4, -0.2) is 26.8 Å². The van der Waals surface area contributed by atoms with Gasteiger partial charge in [-0.2, -0.15) is 0 Å². The minimum absolute atomic E-state index is 0.272. The van der Waals surface area contributed by atoms with Crippen LogP contribution in [-0.2, 0) is 23.1 Å². The molecule has 0 spiro atoms. The van der Waals surface area contributed by atoms with Gasteiger partial charge in [0.2, 0.25) is 10.0 Å². The number of rotatable bonds is 6. The lowest BCUT2D eigenvalue weighted by molar-refractivity contribution is 0.518. The van der Waals surface area contributed by atoms with Gasteiger partial charge in [0.05, 0.1) is 4.90 Å². The van der Waals surface area contributed by atoms with Crippen molar-refractivity contribution in [3.8, 4) is 0 Å². The molecular formula is C16H19FN2O2S. The van der Waals surface area contributed by atoms with Gasteiger partial charge < -0.3 is 5.32 Å². The number of halogens is 1. The van der Waals surface area contributed by atoms with E-state index in [2.05, 4.69) is 5.32 Å². The minimum atomic E-state index is -3.46. The fraction of sp³-hybridized carbons (Fsp3) is 0.250. The van der Waals surface area contributed by atoms with E-state index in [-0.39, 0.29) is 5.82 Å². The smallest absolute Gasteiger partial charge is 0.242 e. The zero-order valence-corrected chi connectivity index (χ0v) is 13.4. The van der Waals surface area contributed by atoms with E-state index in [0.717, 1.165) is 5.56 Å². The van der Waals surface area contributed by atoms with Crippen LogP contribution in [0.15, 0.2) is 53.4 Å². The predicted octanol–water partition coefficient (Wildman–Crippen LogP) is 2.37. The molecule has 0 aliphatic carbocycles. The lowest BCUT2D eigenvalue weighted by Crippen LogP contribution is -2.24. The van der Waals surface area contributed by atoms with Crippen molar-refractivity contribution in [3.63, 3.8) is 0 Å². The molecule has 0 aromatic heterocycles. The molecule has 4 nitrogen and oxygen atoms in total. The Morgan fingerprint density at radius 1 is 1.00 bits per heavy atom. The van der Waals surface area contributed by atoms with Gasteiger partial charge in [0.25, 0.3) is 0 Å². The Balaban J connectivity index is 2.09. The van der Waals surface area contributed by atoms with Gasteiger partial charge in [0, 0.05) is 27.2 Å². The maximum atomic E-state index is 12.8. The monoisotopic (exact) mass is 322 g/mol. The Hall–Kier alpha value is -1.76. The van der Waals surface area contributed by atoms with Crippen molar-refractivity contribution in [3.05, 3.63) is 65.5 Å². The van der Waals surface area contributed by atoms with E-state index >= 15 is 0 Å². The van der Waals surface area contributed by atoms with Crippen LogP contribution in [0.4, 0.5) is 4.39 Å². The summed E-state index contributed by atoms with van der Waals surface area (Å²) < 4.78 is 38.6. The molecule has 0 amide bonds. The summed E-state index contributed by atoms with van der Waals surface area (Å²) in [5.41, 5.74) is 1.65. The van der Waals surface area contributed by atoms with Gasteiger partial charge in [-0.05, 0) is 29.3 Å². The Morgan fingerprint density at radius 2 is 1.64 bits per heavy atom. The van der Waals surface area contributed by atoms with Crippen LogP contribution in [0.3, 0.4) is 0 Å². The molecule has 0 radical (unpaired) electrons. The van der Waals surface area contributed by atoms with Crippen molar-refractivity contribution in [1.82, 2.24) is 9.62 Å². The van der Waals surface area contributed by atoms with Gasteiger partial charge in [-0.15, -0.1) is 0 Å². The Morgan fingerprint density at radius 3 is 2.27 bits per heavy atom. The van der Waals surface area contributed by atoms with E-state index in [1.165, 1.54) is 30.5 Å². The third-order valence-electron chi connectivity index (χ3n) is 3.29. The summed E-state index contributed by atoms with van der Waals surface area (Å²) in [7, 11) is -0.441. The SMILES string of the molecule is CN(C)S(=O)(=O)c1ccccc1CNCc1ccc(F)cc1. The van der Waals surface area contributed by atoms with Crippen LogP contribution in [0.2, 0.25) is 0 Å². The Kier molecular flexibility index (Phi) is 5.28. The molecule has 0 atom stereocenters. The average molecular weight is 322 g/mol. The fourth-order valence-corrected chi connectivity index (χ4v) is 3.16. The van der Waals surface area contributed by atoms with E-state index < -0.39 is 10.0 Å². The molecule has 1 N–H and O–H groups in total. The molecule has 0 fully saturated rings. The number of benzene rings is 2. The Labute approximate surface area is 130 Å². The topological polar surface area (TPSA) is 49.4 Å². The second-order valence-corrected chi connectivity index (χ2v) is 7.25. The quantitative estimate of drug-likeness (QED) is 0.888. The normalized spacial score (nSPS) is 11.8. The Bertz CT molecular complexity index is 728. The van der Waals surface area contributed by atoms with E-state index in [1.807, 2.05) is 6.07 Å². The highest BCUT2D eigenvalue weighted by molar-refractivity contribution is 7.89. The van der Waals surface area contributed by atoms with Gasteiger partial charge in [0.15, 0.2) is 0 Å². The van der Waals surface area contributed by atoms with Crippen molar-refractivity contribution in [2.24, 2.45) is 0 Å².